The summed E-state index contributed by atoms with van der Waals surface area (Å²) in [6.07, 6.45) is 18.1. The van der Waals surface area contributed by atoms with Crippen molar-refractivity contribution in [2.75, 3.05) is 26.4 Å². The highest BCUT2D eigenvalue weighted by Gasteiger charge is 2.47. The maximum Gasteiger partial charge on any atom is 0.306 e. The van der Waals surface area contributed by atoms with Gasteiger partial charge in [0.25, 0.3) is 0 Å². The number of esters is 2. The lowest BCUT2D eigenvalue weighted by Gasteiger charge is -2.42. The number of carbonyl (C=O) groups is 2. The minimum absolute atomic E-state index is 0.169. The van der Waals surface area contributed by atoms with Crippen molar-refractivity contribution in [2.24, 2.45) is 0 Å². The van der Waals surface area contributed by atoms with Crippen LogP contribution in [0.15, 0.2) is 12.2 Å². The van der Waals surface area contributed by atoms with E-state index < -0.39 is 92.7 Å². The summed E-state index contributed by atoms with van der Waals surface area (Å²) in [6, 6.07) is 0. The van der Waals surface area contributed by atoms with Crippen molar-refractivity contribution in [1.29, 1.82) is 0 Å². The summed E-state index contributed by atoms with van der Waals surface area (Å²) in [7, 11) is 0. The summed E-state index contributed by atoms with van der Waals surface area (Å²) in [4.78, 5) is 25.7. The molecule has 2 aliphatic rings. The van der Waals surface area contributed by atoms with Crippen LogP contribution in [0.4, 0.5) is 0 Å². The third-order valence-corrected chi connectivity index (χ3v) is 12.2. The molecule has 2 fully saturated rings. The summed E-state index contributed by atoms with van der Waals surface area (Å²) in [5.74, 6) is -0.926. The predicted octanol–water partition coefficient (Wildman–Crippen LogP) is 6.60. The Morgan fingerprint density at radius 1 is 0.484 bits per heavy atom. The van der Waals surface area contributed by atoms with Crippen molar-refractivity contribution in [2.45, 2.75) is 261 Å². The van der Waals surface area contributed by atoms with Crippen molar-refractivity contribution in [3.05, 3.63) is 12.2 Å². The molecule has 2 aliphatic heterocycles. The molecule has 0 aliphatic carbocycles. The Hall–Kier alpha value is -1.76. The molecule has 0 aromatic heterocycles. The van der Waals surface area contributed by atoms with Gasteiger partial charge in [0.15, 0.2) is 18.7 Å². The number of aliphatic hydroxyl groups excluding tert-OH is 7. The van der Waals surface area contributed by atoms with Gasteiger partial charge in [-0.3, -0.25) is 9.59 Å². The highest BCUT2D eigenvalue weighted by molar-refractivity contribution is 5.70. The van der Waals surface area contributed by atoms with Crippen LogP contribution in [0.1, 0.15) is 194 Å². The second-order valence-electron chi connectivity index (χ2n) is 18.0. The molecular weight excluding hydrogens is 829 g/mol. The van der Waals surface area contributed by atoms with E-state index in [0.717, 1.165) is 57.8 Å². The van der Waals surface area contributed by atoms with Crippen LogP contribution < -0.4 is 0 Å². The van der Waals surface area contributed by atoms with E-state index in [1.165, 1.54) is 96.3 Å². The number of hydrogen-bond acceptors (Lipinski definition) is 15. The second-order valence-corrected chi connectivity index (χ2v) is 18.0. The fourth-order valence-electron chi connectivity index (χ4n) is 8.04. The van der Waals surface area contributed by atoms with Gasteiger partial charge in [-0.2, -0.15) is 0 Å². The molecule has 4 unspecified atom stereocenters. The molecule has 15 heteroatoms. The molecule has 0 aromatic carbocycles. The second kappa shape index (κ2) is 37.2. The van der Waals surface area contributed by atoms with Crippen molar-refractivity contribution < 1.29 is 73.8 Å². The minimum Gasteiger partial charge on any atom is -0.462 e. The normalized spacial score (nSPS) is 26.6. The van der Waals surface area contributed by atoms with Gasteiger partial charge in [-0.05, 0) is 38.5 Å². The van der Waals surface area contributed by atoms with Gasteiger partial charge in [0, 0.05) is 12.8 Å². The van der Waals surface area contributed by atoms with Gasteiger partial charge in [0.05, 0.1) is 19.8 Å². The maximum absolute atomic E-state index is 13.0. The van der Waals surface area contributed by atoms with E-state index in [1.807, 2.05) is 0 Å². The largest absolute Gasteiger partial charge is 0.462 e. The molecule has 0 bridgehead atoms. The van der Waals surface area contributed by atoms with Crippen molar-refractivity contribution in [3.8, 4) is 0 Å². The number of hydrogen-bond donors (Lipinski definition) is 7. The van der Waals surface area contributed by atoms with Gasteiger partial charge in [-0.15, -0.1) is 0 Å². The number of carbonyl (C=O) groups excluding carboxylic acids is 2. The molecule has 2 rings (SSSR count). The fourth-order valence-corrected chi connectivity index (χ4v) is 8.04. The number of aliphatic hydroxyl groups is 7. The van der Waals surface area contributed by atoms with Crippen LogP contribution >= 0.6 is 0 Å². The number of rotatable bonds is 39. The van der Waals surface area contributed by atoms with Crippen LogP contribution in [0.3, 0.4) is 0 Å². The first-order valence-corrected chi connectivity index (χ1v) is 25.3. The average molecular weight is 919 g/mol. The fraction of sp³-hybridized carbons (Fsp3) is 0.918. The molecule has 0 amide bonds. The smallest absolute Gasteiger partial charge is 0.306 e. The quantitative estimate of drug-likeness (QED) is 0.0196. The average Bonchev–Trinajstić information content (AvgIpc) is 3.29. The van der Waals surface area contributed by atoms with Gasteiger partial charge in [-0.1, -0.05) is 154 Å². The Bertz CT molecular complexity index is 1170. The Morgan fingerprint density at radius 3 is 1.39 bits per heavy atom. The summed E-state index contributed by atoms with van der Waals surface area (Å²) >= 11 is 0. The number of ether oxygens (including phenoxy) is 6. The zero-order valence-electron chi connectivity index (χ0n) is 39.5. The van der Waals surface area contributed by atoms with Crippen LogP contribution in [-0.4, -0.2) is 142 Å². The maximum atomic E-state index is 13.0. The van der Waals surface area contributed by atoms with Crippen molar-refractivity contribution in [1.82, 2.24) is 0 Å². The van der Waals surface area contributed by atoms with Crippen molar-refractivity contribution >= 4 is 11.9 Å². The number of unbranched alkanes of at least 4 members (excludes halogenated alkanes) is 23. The van der Waals surface area contributed by atoms with Gasteiger partial charge in [0.1, 0.15) is 55.4 Å². The Morgan fingerprint density at radius 2 is 0.891 bits per heavy atom. The molecule has 0 radical (unpaired) electrons. The summed E-state index contributed by atoms with van der Waals surface area (Å²) in [6.45, 7) is 2.58. The summed E-state index contributed by atoms with van der Waals surface area (Å²) in [5, 5.41) is 72.0. The van der Waals surface area contributed by atoms with Gasteiger partial charge < -0.3 is 64.2 Å². The Balaban J connectivity index is 1.82. The summed E-state index contributed by atoms with van der Waals surface area (Å²) in [5.41, 5.74) is 0. The molecule has 64 heavy (non-hydrogen) atoms. The van der Waals surface area contributed by atoms with Crippen LogP contribution in [0.25, 0.3) is 0 Å². The molecule has 0 saturated carbocycles. The lowest BCUT2D eigenvalue weighted by Crippen LogP contribution is -2.61. The predicted molar refractivity (Wildman–Crippen MR) is 243 cm³/mol. The van der Waals surface area contributed by atoms with E-state index in [0.29, 0.717) is 12.8 Å². The molecule has 7 N–H and O–H groups in total. The molecular formula is C49H90O15. The third kappa shape index (κ3) is 25.4. The van der Waals surface area contributed by atoms with Crippen LogP contribution in [0.5, 0.6) is 0 Å². The Kier molecular flexibility index (Phi) is 34.0. The Labute approximate surface area is 384 Å². The highest BCUT2D eigenvalue weighted by Crippen LogP contribution is 2.26. The lowest BCUT2D eigenvalue weighted by atomic mass is 9.98. The molecule has 0 aromatic rings. The monoisotopic (exact) mass is 919 g/mol. The van der Waals surface area contributed by atoms with E-state index in [-0.39, 0.29) is 26.1 Å². The van der Waals surface area contributed by atoms with Crippen LogP contribution in [-0.2, 0) is 38.0 Å². The van der Waals surface area contributed by atoms with Crippen LogP contribution in [0, 0.1) is 0 Å². The van der Waals surface area contributed by atoms with E-state index in [4.69, 9.17) is 28.4 Å². The third-order valence-electron chi connectivity index (χ3n) is 12.2. The first kappa shape index (κ1) is 58.4. The molecule has 11 atom stereocenters. The lowest BCUT2D eigenvalue weighted by molar-refractivity contribution is -0.332. The topological polar surface area (TPSA) is 231 Å². The van der Waals surface area contributed by atoms with Gasteiger partial charge >= 0.3 is 11.9 Å². The molecule has 2 saturated heterocycles. The minimum atomic E-state index is -1.76. The molecule has 15 nitrogen and oxygen atoms in total. The van der Waals surface area contributed by atoms with Gasteiger partial charge in [-0.25, -0.2) is 0 Å². The SMILES string of the molecule is CCCCCC/C=C/CCCCCCCC(=O)OC[C@H](CO[C@@H]1O[C@H](CO[C@@H]2O[C@H](CO)[C@H](O)C(O)C2O)[C@H](O)C(O)C1O)OC(=O)CCCCCCCCCCCCCCCCC. The zero-order chi connectivity index (χ0) is 46.8. The first-order valence-electron chi connectivity index (χ1n) is 25.3. The van der Waals surface area contributed by atoms with Crippen molar-refractivity contribution in [3.63, 3.8) is 0 Å². The molecule has 0 spiro atoms. The van der Waals surface area contributed by atoms with Crippen LogP contribution in [0.2, 0.25) is 0 Å². The van der Waals surface area contributed by atoms with Gasteiger partial charge in [0.2, 0.25) is 0 Å². The van der Waals surface area contributed by atoms with E-state index in [2.05, 4.69) is 26.0 Å². The zero-order valence-corrected chi connectivity index (χ0v) is 39.5. The standard InChI is InChI=1S/C49H90O15/c1-3-5-7-9-11-13-15-17-18-20-22-24-26-28-30-32-41(52)62-37(34-59-40(51)31-29-27-25-23-21-19-16-14-12-10-8-6-4-2)35-60-48-47(58)45(56)43(54)39(64-48)36-61-49-46(57)44(55)42(53)38(33-50)63-49/h14,16,37-39,42-50,53-58H,3-13,15,17-36H2,1-2H3/b16-14+/t37-,38-,39-,42+,43+,44?,45?,46?,47?,48-,49-/m1/s1. The van der Waals surface area contributed by atoms with E-state index in [1.54, 1.807) is 0 Å². The van der Waals surface area contributed by atoms with E-state index in [9.17, 15) is 45.3 Å². The summed E-state index contributed by atoms with van der Waals surface area (Å²) < 4.78 is 33.5. The van der Waals surface area contributed by atoms with E-state index >= 15 is 0 Å². The molecule has 376 valence electrons. The first-order chi connectivity index (χ1) is 31.0. The number of allylic oxidation sites excluding steroid dienone is 2. The highest BCUT2D eigenvalue weighted by atomic mass is 16.7. The molecule has 2 heterocycles.